The Morgan fingerprint density at radius 3 is 2.50 bits per heavy atom. The molecule has 1 aliphatic rings. The van der Waals surface area contributed by atoms with Gasteiger partial charge in [0.1, 0.15) is 0 Å². The Morgan fingerprint density at radius 2 is 1.86 bits per heavy atom. The van der Waals surface area contributed by atoms with Gasteiger partial charge in [-0.05, 0) is 29.8 Å². The molecule has 28 heavy (non-hydrogen) atoms. The van der Waals surface area contributed by atoms with Crippen LogP contribution < -0.4 is 10.2 Å². The molecular formula is C20H19BrN4O2S. The van der Waals surface area contributed by atoms with Gasteiger partial charge in [0, 0.05) is 36.2 Å². The third-order valence-electron chi connectivity index (χ3n) is 4.08. The largest absolute Gasteiger partial charge is 0.378 e. The summed E-state index contributed by atoms with van der Waals surface area (Å²) in [5, 5.41) is 10.7. The van der Waals surface area contributed by atoms with E-state index in [4.69, 9.17) is 0 Å². The van der Waals surface area contributed by atoms with Gasteiger partial charge in [0.15, 0.2) is 11.0 Å². The fraction of sp³-hybridized carbons (Fsp3) is 0.200. The summed E-state index contributed by atoms with van der Waals surface area (Å²) in [5.74, 6) is -0.300. The van der Waals surface area contributed by atoms with E-state index in [1.807, 2.05) is 55.4 Å². The van der Waals surface area contributed by atoms with Crippen LogP contribution in [0.5, 0.6) is 0 Å². The Balaban J connectivity index is 1.58. The van der Waals surface area contributed by atoms with E-state index in [-0.39, 0.29) is 18.1 Å². The predicted octanol–water partition coefficient (Wildman–Crippen LogP) is 3.71. The lowest BCUT2D eigenvalue weighted by atomic mass is 10.1. The number of nitrogens with zero attached hydrogens (tertiary/aromatic N) is 3. The van der Waals surface area contributed by atoms with Crippen molar-refractivity contribution >= 4 is 56.5 Å². The number of amides is 1. The molecular weight excluding hydrogens is 440 g/mol. The van der Waals surface area contributed by atoms with E-state index in [2.05, 4.69) is 31.4 Å². The molecule has 0 saturated carbocycles. The molecule has 3 rings (SSSR count). The number of ketones is 1. The van der Waals surface area contributed by atoms with Crippen LogP contribution in [-0.2, 0) is 4.79 Å². The Kier molecular flexibility index (Phi) is 6.64. The number of carbonyl (C=O) groups is 2. The topological polar surface area (TPSA) is 74.1 Å². The maximum absolute atomic E-state index is 12.4. The van der Waals surface area contributed by atoms with Crippen LogP contribution in [0.15, 0.2) is 63.2 Å². The van der Waals surface area contributed by atoms with Crippen molar-refractivity contribution in [2.24, 2.45) is 10.2 Å². The summed E-state index contributed by atoms with van der Waals surface area (Å²) in [6, 6.07) is 15.0. The quantitative estimate of drug-likeness (QED) is 0.406. The minimum absolute atomic E-state index is 0.0779. The van der Waals surface area contributed by atoms with Crippen molar-refractivity contribution in [1.29, 1.82) is 0 Å². The molecule has 144 valence electrons. The smallest absolute Gasteiger partial charge is 0.240 e. The van der Waals surface area contributed by atoms with E-state index in [0.717, 1.165) is 15.7 Å². The average molecular weight is 459 g/mol. The predicted molar refractivity (Wildman–Crippen MR) is 118 cm³/mol. The first-order valence-corrected chi connectivity index (χ1v) is 10.2. The molecule has 1 unspecified atom stereocenters. The molecule has 0 spiro atoms. The minimum atomic E-state index is -0.496. The Morgan fingerprint density at radius 1 is 1.18 bits per heavy atom. The van der Waals surface area contributed by atoms with Crippen molar-refractivity contribution in [3.05, 3.63) is 64.1 Å². The van der Waals surface area contributed by atoms with Crippen molar-refractivity contribution in [3.8, 4) is 0 Å². The number of hydrogen-bond acceptors (Lipinski definition) is 6. The summed E-state index contributed by atoms with van der Waals surface area (Å²) in [7, 11) is 3.96. The second-order valence-electron chi connectivity index (χ2n) is 6.37. The molecule has 1 atom stereocenters. The maximum atomic E-state index is 12.4. The van der Waals surface area contributed by atoms with Crippen LogP contribution in [0.25, 0.3) is 0 Å². The zero-order valence-electron chi connectivity index (χ0n) is 15.4. The molecule has 1 amide bonds. The Hall–Kier alpha value is -2.45. The number of halogens is 1. The highest BCUT2D eigenvalue weighted by Crippen LogP contribution is 2.24. The van der Waals surface area contributed by atoms with E-state index < -0.39 is 5.25 Å². The van der Waals surface area contributed by atoms with Gasteiger partial charge in [0.25, 0.3) is 0 Å². The second-order valence-corrected chi connectivity index (χ2v) is 8.47. The summed E-state index contributed by atoms with van der Waals surface area (Å²) in [5.41, 5.74) is 2.59. The van der Waals surface area contributed by atoms with Crippen LogP contribution in [0.4, 0.5) is 5.69 Å². The minimum Gasteiger partial charge on any atom is -0.378 e. The van der Waals surface area contributed by atoms with E-state index in [1.165, 1.54) is 11.8 Å². The Bertz CT molecular complexity index is 924. The zero-order valence-corrected chi connectivity index (χ0v) is 17.8. The van der Waals surface area contributed by atoms with E-state index in [1.54, 1.807) is 18.3 Å². The summed E-state index contributed by atoms with van der Waals surface area (Å²) in [6.07, 6.45) is 1.74. The van der Waals surface area contributed by atoms with E-state index in [0.29, 0.717) is 10.7 Å². The maximum Gasteiger partial charge on any atom is 0.240 e. The van der Waals surface area contributed by atoms with Crippen molar-refractivity contribution in [1.82, 2.24) is 5.32 Å². The third-order valence-corrected chi connectivity index (χ3v) is 5.68. The van der Waals surface area contributed by atoms with Gasteiger partial charge in [-0.2, -0.15) is 5.10 Å². The van der Waals surface area contributed by atoms with Crippen LogP contribution in [-0.4, -0.2) is 42.4 Å². The van der Waals surface area contributed by atoms with Crippen LogP contribution in [0.2, 0.25) is 0 Å². The highest BCUT2D eigenvalue weighted by atomic mass is 79.9. The first-order chi connectivity index (χ1) is 13.4. The molecule has 2 aromatic carbocycles. The zero-order chi connectivity index (χ0) is 20.1. The van der Waals surface area contributed by atoms with Gasteiger partial charge in [0.05, 0.1) is 11.5 Å². The fourth-order valence-electron chi connectivity index (χ4n) is 2.52. The molecule has 6 nitrogen and oxygen atoms in total. The van der Waals surface area contributed by atoms with Gasteiger partial charge in [-0.25, -0.2) is 0 Å². The second kappa shape index (κ2) is 9.16. The van der Waals surface area contributed by atoms with Crippen molar-refractivity contribution in [2.75, 3.05) is 19.0 Å². The highest BCUT2D eigenvalue weighted by Gasteiger charge is 2.32. The van der Waals surface area contributed by atoms with Crippen LogP contribution in [0, 0.1) is 0 Å². The molecule has 8 heteroatoms. The summed E-state index contributed by atoms with van der Waals surface area (Å²) >= 11 is 4.57. The molecule has 1 fully saturated rings. The number of anilines is 1. The lowest BCUT2D eigenvalue weighted by Crippen LogP contribution is -2.26. The first-order valence-electron chi connectivity index (χ1n) is 8.57. The molecule has 0 bridgehead atoms. The van der Waals surface area contributed by atoms with Gasteiger partial charge < -0.3 is 10.2 Å². The highest BCUT2D eigenvalue weighted by molar-refractivity contribution is 9.10. The average Bonchev–Trinajstić information content (AvgIpc) is 3.02. The van der Waals surface area contributed by atoms with Gasteiger partial charge in [-0.1, -0.05) is 52.0 Å². The van der Waals surface area contributed by atoms with Crippen LogP contribution in [0.1, 0.15) is 22.3 Å². The monoisotopic (exact) mass is 458 g/mol. The molecule has 2 aromatic rings. The van der Waals surface area contributed by atoms with Crippen molar-refractivity contribution in [2.45, 2.75) is 11.7 Å². The lowest BCUT2D eigenvalue weighted by Gasteiger charge is -2.11. The molecule has 1 N–H and O–H groups in total. The number of carbonyl (C=O) groups excluding carboxylic acids is 2. The Labute approximate surface area is 176 Å². The molecule has 1 saturated heterocycles. The number of Topliss-reactive ketones (excluding diaryl/α,β-unsaturated/α-hetero) is 1. The van der Waals surface area contributed by atoms with Gasteiger partial charge in [-0.3, -0.25) is 9.59 Å². The SMILES string of the molecule is CN(C)c1ccc(/C=N/N=C2\NC(=O)C(CC(=O)c3ccc(Br)cc3)S2)cc1. The first kappa shape index (κ1) is 20.3. The number of nitrogens with one attached hydrogen (secondary N) is 1. The summed E-state index contributed by atoms with van der Waals surface area (Å²) < 4.78 is 0.903. The lowest BCUT2D eigenvalue weighted by molar-refractivity contribution is -0.118. The van der Waals surface area contributed by atoms with Crippen LogP contribution >= 0.6 is 27.7 Å². The molecule has 0 aliphatic carbocycles. The van der Waals surface area contributed by atoms with E-state index >= 15 is 0 Å². The number of thioether (sulfide) groups is 1. The fourth-order valence-corrected chi connectivity index (χ4v) is 3.70. The van der Waals surface area contributed by atoms with Crippen molar-refractivity contribution in [3.63, 3.8) is 0 Å². The number of hydrogen-bond donors (Lipinski definition) is 1. The molecule has 0 aromatic heterocycles. The van der Waals surface area contributed by atoms with Gasteiger partial charge in [-0.15, -0.1) is 5.10 Å². The number of benzene rings is 2. The van der Waals surface area contributed by atoms with E-state index in [9.17, 15) is 9.59 Å². The number of rotatable bonds is 6. The normalized spacial score (nSPS) is 17.9. The third kappa shape index (κ3) is 5.30. The number of amidine groups is 1. The summed E-state index contributed by atoms with van der Waals surface area (Å²) in [4.78, 5) is 26.5. The standard InChI is InChI=1S/C20H19BrN4O2S/c1-25(2)16-9-3-13(4-10-16)12-22-24-20-23-19(27)18(28-20)11-17(26)14-5-7-15(21)8-6-14/h3-10,12,18H,11H2,1-2H3,(H,23,24,27)/b22-12+. The van der Waals surface area contributed by atoms with Gasteiger partial charge >= 0.3 is 0 Å². The van der Waals surface area contributed by atoms with Crippen LogP contribution in [0.3, 0.4) is 0 Å². The van der Waals surface area contributed by atoms with Crippen molar-refractivity contribution < 1.29 is 9.59 Å². The van der Waals surface area contributed by atoms with Gasteiger partial charge in [0.2, 0.25) is 5.91 Å². The molecule has 1 aliphatic heterocycles. The molecule has 1 heterocycles. The summed E-state index contributed by atoms with van der Waals surface area (Å²) in [6.45, 7) is 0. The molecule has 0 radical (unpaired) electrons.